The molecule has 32 heavy (non-hydrogen) atoms. The molecule has 4 aromatic rings. The molecule has 1 aliphatic rings. The van der Waals surface area contributed by atoms with Crippen LogP contribution in [0.1, 0.15) is 11.9 Å². The van der Waals surface area contributed by atoms with Crippen molar-refractivity contribution < 1.29 is 9.21 Å². The topological polar surface area (TPSA) is 69.3 Å². The molecular weight excluding hydrogens is 442 g/mol. The van der Waals surface area contributed by atoms with Crippen LogP contribution in [0.2, 0.25) is 5.02 Å². The third-order valence-electron chi connectivity index (χ3n) is 5.37. The van der Waals surface area contributed by atoms with Crippen molar-refractivity contribution in [1.29, 1.82) is 5.26 Å². The number of nitrogens with zero attached hydrogens (tertiary/aromatic N) is 2. The fourth-order valence-electron chi connectivity index (χ4n) is 3.84. The number of hydrogen-bond acceptors (Lipinski definition) is 5. The molecule has 0 aliphatic carbocycles. The number of fused-ring (bicyclic) bond motifs is 1. The largest absolute Gasteiger partial charge is 0.457 e. The number of hydrogen-bond donors (Lipinski definition) is 2. The van der Waals surface area contributed by atoms with Crippen LogP contribution >= 0.6 is 24.2 Å². The first kappa shape index (κ1) is 20.3. The Balaban J connectivity index is 1.66. The number of carbonyl (C=O) groups excluding carboxylic acids is 1. The van der Waals surface area contributed by atoms with E-state index in [0.717, 1.165) is 22.0 Å². The lowest BCUT2D eigenvalue weighted by atomic mass is 10.1. The summed E-state index contributed by atoms with van der Waals surface area (Å²) in [5.41, 5.74) is 1.61. The lowest BCUT2D eigenvalue weighted by molar-refractivity contribution is -0.118. The number of carbonyl (C=O) groups is 1. The van der Waals surface area contributed by atoms with E-state index in [-0.39, 0.29) is 10.6 Å². The van der Waals surface area contributed by atoms with Gasteiger partial charge in [0.05, 0.1) is 10.7 Å². The summed E-state index contributed by atoms with van der Waals surface area (Å²) in [6.45, 7) is 0. The number of rotatable bonds is 3. The van der Waals surface area contributed by atoms with Crippen LogP contribution in [-0.4, -0.2) is 5.91 Å². The van der Waals surface area contributed by atoms with Crippen LogP contribution in [-0.2, 0) is 4.79 Å². The van der Waals surface area contributed by atoms with E-state index in [1.54, 1.807) is 12.1 Å². The molecule has 0 spiro atoms. The highest BCUT2D eigenvalue weighted by atomic mass is 35.5. The fourth-order valence-corrected chi connectivity index (χ4v) is 4.35. The van der Waals surface area contributed by atoms with Gasteiger partial charge in [0, 0.05) is 16.0 Å². The van der Waals surface area contributed by atoms with Crippen LogP contribution in [0.15, 0.2) is 93.9 Å². The van der Waals surface area contributed by atoms with Crippen LogP contribution in [0.3, 0.4) is 0 Å². The maximum Gasteiger partial charge on any atom is 0.266 e. The molecule has 1 aromatic heterocycles. The van der Waals surface area contributed by atoms with E-state index >= 15 is 0 Å². The molecule has 1 amide bonds. The van der Waals surface area contributed by atoms with E-state index in [2.05, 4.69) is 17.9 Å². The summed E-state index contributed by atoms with van der Waals surface area (Å²) in [5.74, 6) is 0.655. The molecule has 2 heterocycles. The first-order valence-corrected chi connectivity index (χ1v) is 10.7. The summed E-state index contributed by atoms with van der Waals surface area (Å²) < 4.78 is 6.14. The molecule has 5 rings (SSSR count). The summed E-state index contributed by atoms with van der Waals surface area (Å²) in [6.07, 6.45) is -0.682. The molecule has 156 valence electrons. The minimum absolute atomic E-state index is 0.0537. The molecule has 1 aliphatic heterocycles. The second-order valence-electron chi connectivity index (χ2n) is 7.26. The van der Waals surface area contributed by atoms with Crippen molar-refractivity contribution in [3.8, 4) is 17.4 Å². The number of thiol groups is 1. The number of anilines is 1. The predicted molar refractivity (Wildman–Crippen MR) is 128 cm³/mol. The minimum atomic E-state index is -0.682. The minimum Gasteiger partial charge on any atom is -0.457 e. The molecule has 3 aromatic carbocycles. The second kappa shape index (κ2) is 8.12. The van der Waals surface area contributed by atoms with Gasteiger partial charge in [-0.15, -0.1) is 12.6 Å². The van der Waals surface area contributed by atoms with Gasteiger partial charge in [-0.05, 0) is 47.9 Å². The van der Waals surface area contributed by atoms with Crippen molar-refractivity contribution in [3.05, 3.63) is 100 Å². The Kier molecular flexibility index (Phi) is 5.14. The van der Waals surface area contributed by atoms with Crippen LogP contribution in [0.4, 0.5) is 5.69 Å². The Labute approximate surface area is 194 Å². The van der Waals surface area contributed by atoms with Crippen molar-refractivity contribution in [1.82, 2.24) is 5.32 Å². The number of nitriles is 1. The Hall–Kier alpha value is -3.66. The van der Waals surface area contributed by atoms with Crippen LogP contribution < -0.4 is 10.2 Å². The van der Waals surface area contributed by atoms with E-state index in [0.29, 0.717) is 16.5 Å². The third-order valence-corrected chi connectivity index (χ3v) is 6.06. The van der Waals surface area contributed by atoms with Gasteiger partial charge in [0.15, 0.2) is 6.17 Å². The van der Waals surface area contributed by atoms with Crippen molar-refractivity contribution in [2.45, 2.75) is 6.17 Å². The predicted octanol–water partition coefficient (Wildman–Crippen LogP) is 6.05. The standard InChI is InChI=1S/C25H16ClN3O2S/c26-17-10-8-16(9-11-17)21-12-13-22(31-21)23-28-24(30)19(14-27)25(32)29(23)20-7-3-5-15-4-1-2-6-18(15)20/h1-13,23,32H,(H,28,30). The Morgan fingerprint density at radius 1 is 1.00 bits per heavy atom. The number of halogens is 1. The molecule has 5 nitrogen and oxygen atoms in total. The highest BCUT2D eigenvalue weighted by Gasteiger charge is 2.36. The first-order chi connectivity index (χ1) is 15.6. The number of furan rings is 1. The molecule has 0 bridgehead atoms. The first-order valence-electron chi connectivity index (χ1n) is 9.83. The zero-order valence-corrected chi connectivity index (χ0v) is 18.3. The average Bonchev–Trinajstić information content (AvgIpc) is 3.29. The molecule has 0 fully saturated rings. The molecule has 0 saturated carbocycles. The SMILES string of the molecule is N#CC1=C(S)N(c2cccc3ccccc23)C(c2ccc(-c3ccc(Cl)cc3)o2)NC1=O. The van der Waals surface area contributed by atoms with Crippen LogP contribution in [0.25, 0.3) is 22.1 Å². The molecule has 1 unspecified atom stereocenters. The van der Waals surface area contributed by atoms with Crippen molar-refractivity contribution in [2.75, 3.05) is 4.90 Å². The summed E-state index contributed by atoms with van der Waals surface area (Å²) in [6, 6.07) is 26.7. The lowest BCUT2D eigenvalue weighted by Crippen LogP contribution is -2.46. The number of benzene rings is 3. The van der Waals surface area contributed by atoms with E-state index in [9.17, 15) is 10.1 Å². The van der Waals surface area contributed by atoms with E-state index in [1.807, 2.05) is 77.7 Å². The zero-order chi connectivity index (χ0) is 22.2. The summed E-state index contributed by atoms with van der Waals surface area (Å²) in [4.78, 5) is 14.5. The molecule has 7 heteroatoms. The van der Waals surface area contributed by atoms with E-state index < -0.39 is 12.1 Å². The third kappa shape index (κ3) is 3.42. The van der Waals surface area contributed by atoms with Crippen molar-refractivity contribution >= 4 is 46.6 Å². The maximum atomic E-state index is 12.7. The van der Waals surface area contributed by atoms with Gasteiger partial charge in [-0.25, -0.2) is 0 Å². The lowest BCUT2D eigenvalue weighted by Gasteiger charge is -2.37. The smallest absolute Gasteiger partial charge is 0.266 e. The zero-order valence-electron chi connectivity index (χ0n) is 16.6. The highest BCUT2D eigenvalue weighted by molar-refractivity contribution is 7.84. The quantitative estimate of drug-likeness (QED) is 0.367. The van der Waals surface area contributed by atoms with Gasteiger partial charge in [0.25, 0.3) is 5.91 Å². The highest BCUT2D eigenvalue weighted by Crippen LogP contribution is 2.40. The van der Waals surface area contributed by atoms with Gasteiger partial charge in [0.1, 0.15) is 23.2 Å². The summed E-state index contributed by atoms with van der Waals surface area (Å²) in [7, 11) is 0. The maximum absolute atomic E-state index is 12.7. The van der Waals surface area contributed by atoms with E-state index in [1.165, 1.54) is 0 Å². The van der Waals surface area contributed by atoms with Gasteiger partial charge >= 0.3 is 0 Å². The second-order valence-corrected chi connectivity index (χ2v) is 8.12. The summed E-state index contributed by atoms with van der Waals surface area (Å²) in [5, 5.41) is 15.4. The Morgan fingerprint density at radius 3 is 2.53 bits per heavy atom. The molecule has 0 radical (unpaired) electrons. The normalized spacial score (nSPS) is 16.2. The number of amides is 1. The van der Waals surface area contributed by atoms with Gasteiger partial charge in [-0.3, -0.25) is 4.79 Å². The molecular formula is C25H16ClN3O2S. The average molecular weight is 458 g/mol. The van der Waals surface area contributed by atoms with Crippen LogP contribution in [0.5, 0.6) is 0 Å². The van der Waals surface area contributed by atoms with Gasteiger partial charge in [-0.2, -0.15) is 5.26 Å². The van der Waals surface area contributed by atoms with Crippen LogP contribution in [0, 0.1) is 11.3 Å². The van der Waals surface area contributed by atoms with Gasteiger partial charge < -0.3 is 14.6 Å². The summed E-state index contributed by atoms with van der Waals surface area (Å²) >= 11 is 10.6. The van der Waals surface area contributed by atoms with Gasteiger partial charge in [0.2, 0.25) is 0 Å². The van der Waals surface area contributed by atoms with Crippen molar-refractivity contribution in [2.24, 2.45) is 0 Å². The van der Waals surface area contributed by atoms with E-state index in [4.69, 9.17) is 16.0 Å². The fraction of sp³-hybridized carbons (Fsp3) is 0.0400. The molecule has 1 N–H and O–H groups in total. The van der Waals surface area contributed by atoms with Gasteiger partial charge in [-0.1, -0.05) is 48.0 Å². The Bertz CT molecular complexity index is 1410. The monoisotopic (exact) mass is 457 g/mol. The number of nitrogens with one attached hydrogen (secondary N) is 1. The molecule has 1 atom stereocenters. The van der Waals surface area contributed by atoms with Crippen molar-refractivity contribution in [3.63, 3.8) is 0 Å². The Morgan fingerprint density at radius 2 is 1.75 bits per heavy atom. The molecule has 0 saturated heterocycles.